The number of allylic oxidation sites excluding steroid dienone is 2. The van der Waals surface area contributed by atoms with Gasteiger partial charge in [-0.2, -0.15) is 0 Å². The fraction of sp³-hybridized carbons (Fsp3) is 0.467. The predicted octanol–water partition coefficient (Wildman–Crippen LogP) is 8.78. The summed E-state index contributed by atoms with van der Waals surface area (Å²) >= 11 is 0. The maximum Gasteiger partial charge on any atom is 0.573 e. The standard InChI is InChI=1S/C30H32F4O/c1-2-3-4-5-22-7-11-25-19-26(15-14-24(25)18-22)27-13-12-23(29(31)20-27)10-6-21-8-16-28(17-9-21)35-30(32,33)34/h2-3,8-9,12-13,16-17,20,22,24-26H,4-5,7,11,14-15,18-19H2,1H3/b3-2+. The molecule has 4 unspecified atom stereocenters. The van der Waals surface area contributed by atoms with E-state index >= 15 is 0 Å². The van der Waals surface area contributed by atoms with Crippen molar-refractivity contribution in [2.75, 3.05) is 0 Å². The molecule has 2 fully saturated rings. The van der Waals surface area contributed by atoms with Crippen molar-refractivity contribution in [3.63, 3.8) is 0 Å². The molecule has 0 radical (unpaired) electrons. The van der Waals surface area contributed by atoms with Crippen molar-refractivity contribution < 1.29 is 22.3 Å². The number of halogens is 4. The van der Waals surface area contributed by atoms with Crippen molar-refractivity contribution in [1.29, 1.82) is 0 Å². The van der Waals surface area contributed by atoms with Gasteiger partial charge in [0, 0.05) is 5.56 Å². The van der Waals surface area contributed by atoms with E-state index in [1.807, 2.05) is 6.07 Å². The molecular formula is C30H32F4O. The average molecular weight is 485 g/mol. The van der Waals surface area contributed by atoms with Crippen LogP contribution in [0.2, 0.25) is 0 Å². The van der Waals surface area contributed by atoms with Gasteiger partial charge in [-0.15, -0.1) is 13.2 Å². The third-order valence-electron chi connectivity index (χ3n) is 7.59. The second kappa shape index (κ2) is 11.3. The topological polar surface area (TPSA) is 9.23 Å². The average Bonchev–Trinajstić information content (AvgIpc) is 2.83. The highest BCUT2D eigenvalue weighted by Crippen LogP contribution is 2.48. The summed E-state index contributed by atoms with van der Waals surface area (Å²) in [6.45, 7) is 2.08. The summed E-state index contributed by atoms with van der Waals surface area (Å²) in [5.41, 5.74) is 1.83. The molecule has 2 aliphatic rings. The number of hydrogen-bond donors (Lipinski definition) is 0. The van der Waals surface area contributed by atoms with Crippen LogP contribution in [0.3, 0.4) is 0 Å². The zero-order valence-electron chi connectivity index (χ0n) is 20.1. The summed E-state index contributed by atoms with van der Waals surface area (Å²) < 4.78 is 55.5. The second-order valence-corrected chi connectivity index (χ2v) is 9.92. The largest absolute Gasteiger partial charge is 0.573 e. The van der Waals surface area contributed by atoms with Crippen molar-refractivity contribution in [2.24, 2.45) is 17.8 Å². The maximum atomic E-state index is 14.8. The van der Waals surface area contributed by atoms with Crippen molar-refractivity contribution in [2.45, 2.75) is 70.6 Å². The molecule has 0 amide bonds. The molecule has 186 valence electrons. The summed E-state index contributed by atoms with van der Waals surface area (Å²) in [5.74, 6) is 7.79. The molecule has 1 nitrogen and oxygen atoms in total. The van der Waals surface area contributed by atoms with E-state index in [4.69, 9.17) is 0 Å². The molecule has 4 atom stereocenters. The summed E-state index contributed by atoms with van der Waals surface area (Å²) in [6.07, 6.45) is 9.61. The van der Waals surface area contributed by atoms with Gasteiger partial charge < -0.3 is 4.74 Å². The number of benzene rings is 2. The molecule has 0 spiro atoms. The van der Waals surface area contributed by atoms with Crippen LogP contribution in [0.4, 0.5) is 17.6 Å². The lowest BCUT2D eigenvalue weighted by atomic mass is 9.63. The summed E-state index contributed by atoms with van der Waals surface area (Å²) in [5, 5.41) is 0. The van der Waals surface area contributed by atoms with Gasteiger partial charge in [-0.1, -0.05) is 36.5 Å². The van der Waals surface area contributed by atoms with Crippen molar-refractivity contribution >= 4 is 0 Å². The second-order valence-electron chi connectivity index (χ2n) is 9.92. The molecule has 0 bridgehead atoms. The fourth-order valence-corrected chi connectivity index (χ4v) is 5.82. The van der Waals surface area contributed by atoms with E-state index in [1.54, 1.807) is 12.1 Å². The van der Waals surface area contributed by atoms with Gasteiger partial charge in [0.2, 0.25) is 0 Å². The van der Waals surface area contributed by atoms with Gasteiger partial charge in [-0.25, -0.2) is 4.39 Å². The molecule has 2 aromatic carbocycles. The van der Waals surface area contributed by atoms with Crippen LogP contribution in [0.5, 0.6) is 5.75 Å². The monoisotopic (exact) mass is 484 g/mol. The number of alkyl halides is 3. The zero-order chi connectivity index (χ0) is 24.8. The first-order valence-electron chi connectivity index (χ1n) is 12.6. The Morgan fingerprint density at radius 3 is 2.40 bits per heavy atom. The maximum absolute atomic E-state index is 14.8. The lowest BCUT2D eigenvalue weighted by molar-refractivity contribution is -0.274. The van der Waals surface area contributed by atoms with Crippen LogP contribution in [0.15, 0.2) is 54.6 Å². The van der Waals surface area contributed by atoms with E-state index in [0.29, 0.717) is 17.0 Å². The highest BCUT2D eigenvalue weighted by Gasteiger charge is 2.36. The van der Waals surface area contributed by atoms with E-state index in [1.165, 1.54) is 62.8 Å². The van der Waals surface area contributed by atoms with Crippen LogP contribution >= 0.6 is 0 Å². The first-order chi connectivity index (χ1) is 16.8. The minimum atomic E-state index is -4.73. The Morgan fingerprint density at radius 2 is 1.69 bits per heavy atom. The van der Waals surface area contributed by atoms with Crippen molar-refractivity contribution in [1.82, 2.24) is 0 Å². The molecular weight excluding hydrogens is 452 g/mol. The van der Waals surface area contributed by atoms with E-state index in [0.717, 1.165) is 36.2 Å². The van der Waals surface area contributed by atoms with Gasteiger partial charge in [0.25, 0.3) is 0 Å². The van der Waals surface area contributed by atoms with Crippen LogP contribution in [0, 0.1) is 35.4 Å². The molecule has 4 rings (SSSR count). The minimum Gasteiger partial charge on any atom is -0.406 e. The Hall–Kier alpha value is -2.74. The van der Waals surface area contributed by atoms with Crippen molar-refractivity contribution in [3.8, 4) is 17.6 Å². The van der Waals surface area contributed by atoms with Crippen LogP contribution < -0.4 is 4.74 Å². The van der Waals surface area contributed by atoms with Gasteiger partial charge in [0.1, 0.15) is 11.6 Å². The molecule has 0 saturated heterocycles. The molecule has 35 heavy (non-hydrogen) atoms. The normalized spacial score (nSPS) is 24.5. The van der Waals surface area contributed by atoms with E-state index < -0.39 is 6.36 Å². The number of hydrogen-bond acceptors (Lipinski definition) is 1. The third kappa shape index (κ3) is 7.13. The van der Waals surface area contributed by atoms with Gasteiger partial charge in [-0.05, 0) is 118 Å². The Bertz CT molecular complexity index is 1070. The lowest BCUT2D eigenvalue weighted by Crippen LogP contribution is -2.30. The Labute approximate surface area is 205 Å². The Balaban J connectivity index is 1.35. The van der Waals surface area contributed by atoms with Crippen molar-refractivity contribution in [3.05, 3.63) is 77.1 Å². The lowest BCUT2D eigenvalue weighted by Gasteiger charge is -2.42. The molecule has 2 aliphatic carbocycles. The first-order valence-corrected chi connectivity index (χ1v) is 12.6. The number of ether oxygens (including phenoxy) is 1. The smallest absolute Gasteiger partial charge is 0.406 e. The van der Waals surface area contributed by atoms with Crippen LogP contribution in [0.25, 0.3) is 0 Å². The molecule has 2 aromatic rings. The predicted molar refractivity (Wildman–Crippen MR) is 130 cm³/mol. The molecule has 0 aromatic heterocycles. The number of fused-ring (bicyclic) bond motifs is 1. The van der Waals surface area contributed by atoms with Crippen LogP contribution in [-0.2, 0) is 0 Å². The number of rotatable bonds is 5. The van der Waals surface area contributed by atoms with Crippen LogP contribution in [0.1, 0.15) is 80.9 Å². The molecule has 0 heterocycles. The van der Waals surface area contributed by atoms with Gasteiger partial charge in [0.05, 0.1) is 5.56 Å². The van der Waals surface area contributed by atoms with Gasteiger partial charge in [0.15, 0.2) is 0 Å². The summed E-state index contributed by atoms with van der Waals surface area (Å²) in [7, 11) is 0. The molecule has 5 heteroatoms. The Kier molecular flexibility index (Phi) is 8.21. The third-order valence-corrected chi connectivity index (χ3v) is 7.59. The van der Waals surface area contributed by atoms with E-state index in [-0.39, 0.29) is 11.6 Å². The van der Waals surface area contributed by atoms with Gasteiger partial charge in [-0.3, -0.25) is 0 Å². The van der Waals surface area contributed by atoms with Crippen LogP contribution in [-0.4, -0.2) is 6.36 Å². The molecule has 0 N–H and O–H groups in total. The SMILES string of the molecule is C/C=C/CCC1CCC2CC(c3ccc(C#Cc4ccc(OC(F)(F)F)cc4)c(F)c3)CCC2C1. The zero-order valence-corrected chi connectivity index (χ0v) is 20.1. The van der Waals surface area contributed by atoms with Gasteiger partial charge >= 0.3 is 6.36 Å². The Morgan fingerprint density at radius 1 is 0.943 bits per heavy atom. The molecule has 0 aliphatic heterocycles. The van der Waals surface area contributed by atoms with E-state index in [2.05, 4.69) is 35.7 Å². The summed E-state index contributed by atoms with van der Waals surface area (Å²) in [6, 6.07) is 10.6. The highest BCUT2D eigenvalue weighted by atomic mass is 19.4. The first kappa shape index (κ1) is 25.4. The van der Waals surface area contributed by atoms with E-state index in [9.17, 15) is 17.6 Å². The minimum absolute atomic E-state index is 0.291. The fourth-order valence-electron chi connectivity index (χ4n) is 5.82. The highest BCUT2D eigenvalue weighted by molar-refractivity contribution is 5.45. The quantitative estimate of drug-likeness (QED) is 0.234. The summed E-state index contributed by atoms with van der Waals surface area (Å²) in [4.78, 5) is 0. The molecule has 2 saturated carbocycles.